The summed E-state index contributed by atoms with van der Waals surface area (Å²) in [6.07, 6.45) is 3.15. The van der Waals surface area contributed by atoms with Crippen molar-refractivity contribution in [3.63, 3.8) is 0 Å². The van der Waals surface area contributed by atoms with Gasteiger partial charge in [-0.25, -0.2) is 9.78 Å². The number of esters is 1. The van der Waals surface area contributed by atoms with E-state index in [1.807, 2.05) is 97.9 Å². The number of allylic oxidation sites excluding steroid dienone is 1. The van der Waals surface area contributed by atoms with Gasteiger partial charge >= 0.3 is 11.9 Å². The summed E-state index contributed by atoms with van der Waals surface area (Å²) in [6, 6.07) is 26.0. The molecule has 2 atom stereocenters. The summed E-state index contributed by atoms with van der Waals surface area (Å²) in [5, 5.41) is 23.1. The lowest BCUT2D eigenvalue weighted by Crippen LogP contribution is -2.43. The molecule has 52 heavy (non-hydrogen) atoms. The van der Waals surface area contributed by atoms with Crippen LogP contribution in [0.2, 0.25) is 0 Å². The highest BCUT2D eigenvalue weighted by molar-refractivity contribution is 6.03. The minimum absolute atomic E-state index is 0.0272. The molecule has 1 aliphatic rings. The molecule has 0 spiro atoms. The summed E-state index contributed by atoms with van der Waals surface area (Å²) in [5.74, 6) is -3.24. The molecule has 2 N–H and O–H groups in total. The predicted molar refractivity (Wildman–Crippen MR) is 195 cm³/mol. The second-order valence-corrected chi connectivity index (χ2v) is 13.6. The van der Waals surface area contributed by atoms with Crippen molar-refractivity contribution in [1.82, 2.24) is 9.88 Å². The number of aliphatic hydroxyl groups excluding tert-OH is 1. The fraction of sp³-hybridized carbons (Fsp3) is 0.268. The first-order chi connectivity index (χ1) is 24.9. The number of nitrogens with zero attached hydrogens (tertiary/aromatic N) is 2. The van der Waals surface area contributed by atoms with Gasteiger partial charge < -0.3 is 33.7 Å². The maximum absolute atomic E-state index is 14.5. The number of hydrogen-bond donors (Lipinski definition) is 2. The Balaban J connectivity index is 1.42. The third kappa shape index (κ3) is 8.26. The van der Waals surface area contributed by atoms with E-state index in [0.717, 1.165) is 27.4 Å². The number of carbonyl (C=O) groups is 3. The van der Waals surface area contributed by atoms with Gasteiger partial charge in [0.05, 0.1) is 12.0 Å². The molecular formula is C41H40N2O9. The van der Waals surface area contributed by atoms with Crippen LogP contribution in [0.25, 0.3) is 27.9 Å². The lowest BCUT2D eigenvalue weighted by Gasteiger charge is -2.35. The van der Waals surface area contributed by atoms with Gasteiger partial charge in [-0.2, -0.15) is 0 Å². The van der Waals surface area contributed by atoms with Crippen LogP contribution in [-0.2, 0) is 25.7 Å². The monoisotopic (exact) mass is 704 g/mol. The molecule has 1 amide bonds. The number of carboxylic acid groups (broad SMARTS) is 1. The Labute approximate surface area is 300 Å². The van der Waals surface area contributed by atoms with Gasteiger partial charge in [0.2, 0.25) is 12.7 Å². The molecule has 5 aromatic rings. The van der Waals surface area contributed by atoms with E-state index in [-0.39, 0.29) is 13.3 Å². The Morgan fingerprint density at radius 1 is 0.923 bits per heavy atom. The van der Waals surface area contributed by atoms with Gasteiger partial charge in [-0.3, -0.25) is 9.59 Å². The van der Waals surface area contributed by atoms with E-state index in [1.54, 1.807) is 26.8 Å². The molecule has 11 nitrogen and oxygen atoms in total. The number of oxazole rings is 1. The van der Waals surface area contributed by atoms with Crippen molar-refractivity contribution >= 4 is 45.8 Å². The third-order valence-electron chi connectivity index (χ3n) is 8.75. The number of hydrogen-bond acceptors (Lipinski definition) is 9. The Kier molecular flexibility index (Phi) is 10.3. The van der Waals surface area contributed by atoms with Crippen LogP contribution >= 0.6 is 0 Å². The van der Waals surface area contributed by atoms with Gasteiger partial charge in [0.25, 0.3) is 5.91 Å². The number of benzene rings is 4. The lowest BCUT2D eigenvalue weighted by atomic mass is 9.87. The van der Waals surface area contributed by atoms with Crippen molar-refractivity contribution in [2.24, 2.45) is 0 Å². The number of para-hydroxylation sites is 2. The molecule has 0 radical (unpaired) electrons. The van der Waals surface area contributed by atoms with Crippen LogP contribution in [0.1, 0.15) is 63.5 Å². The first-order valence-electron chi connectivity index (χ1n) is 16.9. The normalized spacial score (nSPS) is 14.3. The molecule has 11 heteroatoms. The van der Waals surface area contributed by atoms with Gasteiger partial charge in [-0.15, -0.1) is 0 Å². The number of carboxylic acids is 1. The number of amides is 1. The van der Waals surface area contributed by atoms with Crippen molar-refractivity contribution in [1.29, 1.82) is 0 Å². The van der Waals surface area contributed by atoms with Crippen LogP contribution in [0.15, 0.2) is 107 Å². The van der Waals surface area contributed by atoms with E-state index in [0.29, 0.717) is 29.4 Å². The fourth-order valence-electron chi connectivity index (χ4n) is 6.19. The number of ether oxygens (including phenoxy) is 3. The number of fused-ring (bicyclic) bond motifs is 3. The quantitative estimate of drug-likeness (QED) is 0.0745. The maximum atomic E-state index is 14.5. The Hall–Kier alpha value is -6.10. The second kappa shape index (κ2) is 15.0. The van der Waals surface area contributed by atoms with E-state index >= 15 is 0 Å². The Bertz CT molecular complexity index is 2160. The number of aromatic nitrogens is 1. The average molecular weight is 705 g/mol. The molecule has 268 valence electrons. The SMILES string of the molecule is C[C@H]([C@H](C/C=C/c1nc2ccccc2o1)c1ccc2c(c1)OCO2)N(Cc1ccc2ccccc2c1)C(=O)C(O)=C(CC(=O)O)C(=O)OC(C)(C)C. The van der Waals surface area contributed by atoms with E-state index in [4.69, 9.17) is 18.6 Å². The van der Waals surface area contributed by atoms with E-state index in [1.165, 1.54) is 4.90 Å². The van der Waals surface area contributed by atoms with Gasteiger partial charge in [-0.05, 0) is 92.4 Å². The largest absolute Gasteiger partial charge is 0.503 e. The van der Waals surface area contributed by atoms with E-state index in [2.05, 4.69) is 4.98 Å². The van der Waals surface area contributed by atoms with Crippen LogP contribution < -0.4 is 9.47 Å². The van der Waals surface area contributed by atoms with Crippen LogP contribution in [0.4, 0.5) is 0 Å². The first-order valence-corrected chi connectivity index (χ1v) is 16.9. The molecule has 1 aliphatic heterocycles. The number of aliphatic hydroxyl groups is 1. The summed E-state index contributed by atoms with van der Waals surface area (Å²) in [6.45, 7) is 6.79. The van der Waals surface area contributed by atoms with Crippen LogP contribution in [0.3, 0.4) is 0 Å². The first kappa shape index (κ1) is 35.7. The topological polar surface area (TPSA) is 149 Å². The zero-order valence-electron chi connectivity index (χ0n) is 29.4. The summed E-state index contributed by atoms with van der Waals surface area (Å²) in [7, 11) is 0. The maximum Gasteiger partial charge on any atom is 0.339 e. The van der Waals surface area contributed by atoms with Gasteiger partial charge in [0.1, 0.15) is 11.1 Å². The zero-order chi connectivity index (χ0) is 37.0. The molecule has 0 bridgehead atoms. The van der Waals surface area contributed by atoms with Crippen LogP contribution in [0, 0.1) is 0 Å². The molecule has 0 unspecified atom stereocenters. The summed E-state index contributed by atoms with van der Waals surface area (Å²) < 4.78 is 22.6. The summed E-state index contributed by atoms with van der Waals surface area (Å²) in [4.78, 5) is 45.6. The molecular weight excluding hydrogens is 664 g/mol. The molecule has 0 aliphatic carbocycles. The molecule has 6 rings (SSSR count). The molecule has 0 fully saturated rings. The van der Waals surface area contributed by atoms with Crippen molar-refractivity contribution in [2.45, 2.75) is 64.6 Å². The Morgan fingerprint density at radius 3 is 2.40 bits per heavy atom. The minimum Gasteiger partial charge on any atom is -0.503 e. The number of aliphatic carboxylic acids is 1. The van der Waals surface area contributed by atoms with E-state index < -0.39 is 53.2 Å². The van der Waals surface area contributed by atoms with Crippen LogP contribution in [0.5, 0.6) is 11.5 Å². The van der Waals surface area contributed by atoms with Crippen molar-refractivity contribution in [3.8, 4) is 11.5 Å². The molecule has 4 aromatic carbocycles. The van der Waals surface area contributed by atoms with Crippen LogP contribution in [-0.4, -0.2) is 56.4 Å². The number of carbonyl (C=O) groups excluding carboxylic acids is 2. The van der Waals surface area contributed by atoms with Gasteiger partial charge in [0.15, 0.2) is 22.8 Å². The Morgan fingerprint density at radius 2 is 1.65 bits per heavy atom. The predicted octanol–water partition coefficient (Wildman–Crippen LogP) is 7.94. The van der Waals surface area contributed by atoms with E-state index in [9.17, 15) is 24.6 Å². The highest BCUT2D eigenvalue weighted by atomic mass is 16.7. The second-order valence-electron chi connectivity index (χ2n) is 13.6. The lowest BCUT2D eigenvalue weighted by molar-refractivity contribution is -0.152. The fourth-order valence-corrected chi connectivity index (χ4v) is 6.19. The standard InChI is InChI=1S/C41H40N2O9/c1-25(30(29-18-19-34-35(21-29)50-24-49-34)12-9-15-36-42-32-13-7-8-14-33(32)51-36)43(23-26-16-17-27-10-5-6-11-28(27)20-26)39(47)38(46)31(22-37(44)45)40(48)52-41(2,3)4/h5-11,13-21,25,30,46H,12,22-24H2,1-4H3,(H,44,45)/b15-9+,38-31?/t25-,30+/m1/s1. The average Bonchev–Trinajstić information content (AvgIpc) is 3.76. The summed E-state index contributed by atoms with van der Waals surface area (Å²) >= 11 is 0. The smallest absolute Gasteiger partial charge is 0.339 e. The number of rotatable bonds is 12. The minimum atomic E-state index is -1.41. The zero-order valence-corrected chi connectivity index (χ0v) is 29.4. The molecule has 0 saturated heterocycles. The van der Waals surface area contributed by atoms with Crippen molar-refractivity contribution in [2.75, 3.05) is 6.79 Å². The molecule has 2 heterocycles. The molecule has 1 aromatic heterocycles. The molecule has 0 saturated carbocycles. The van der Waals surface area contributed by atoms with Gasteiger partial charge in [0, 0.05) is 18.5 Å². The highest BCUT2D eigenvalue weighted by Crippen LogP contribution is 2.38. The van der Waals surface area contributed by atoms with Crippen molar-refractivity contribution in [3.05, 3.63) is 119 Å². The summed E-state index contributed by atoms with van der Waals surface area (Å²) in [5.41, 5.74) is 1.30. The van der Waals surface area contributed by atoms with Gasteiger partial charge in [-0.1, -0.05) is 60.7 Å². The third-order valence-corrected chi connectivity index (χ3v) is 8.75. The van der Waals surface area contributed by atoms with Crippen molar-refractivity contribution < 1.29 is 43.2 Å². The highest BCUT2D eigenvalue weighted by Gasteiger charge is 2.35.